The quantitative estimate of drug-likeness (QED) is 0.287. The van der Waals surface area contributed by atoms with E-state index in [-0.39, 0.29) is 5.56 Å². The summed E-state index contributed by atoms with van der Waals surface area (Å²) in [6, 6.07) is 11.2. The van der Waals surface area contributed by atoms with Gasteiger partial charge >= 0.3 is 6.03 Å². The number of aromatic nitrogens is 3. The van der Waals surface area contributed by atoms with Gasteiger partial charge in [0, 0.05) is 31.7 Å². The standard InChI is InChI=1S/C31H35ClN6O3/c1-19-13-20(2)15-21(14-19)28-29(41-12-9-22-7-5-6-10-34-22)23-16-26(24(32)17-25(23)37(3)30(28)39)38(4)31(40)36-27-8-11-33-18-35-27/h8,11,13-18,22,34H,5-7,9-10,12H2,1-4H3,(H,33,35,36,40)/t22-/m0/s1. The second kappa shape index (κ2) is 12.3. The predicted molar refractivity (Wildman–Crippen MR) is 164 cm³/mol. The smallest absolute Gasteiger partial charge is 0.327 e. The van der Waals surface area contributed by atoms with Crippen molar-refractivity contribution < 1.29 is 9.53 Å². The highest BCUT2D eigenvalue weighted by Crippen LogP contribution is 2.39. The van der Waals surface area contributed by atoms with E-state index in [1.807, 2.05) is 32.0 Å². The highest BCUT2D eigenvalue weighted by molar-refractivity contribution is 6.35. The van der Waals surface area contributed by atoms with Crippen molar-refractivity contribution in [3.05, 3.63) is 75.4 Å². The number of nitrogens with zero attached hydrogens (tertiary/aromatic N) is 4. The highest BCUT2D eigenvalue weighted by Gasteiger charge is 2.23. The first kappa shape index (κ1) is 28.6. The zero-order valence-electron chi connectivity index (χ0n) is 23.8. The van der Waals surface area contributed by atoms with Crippen LogP contribution in [0.15, 0.2) is 53.7 Å². The number of ether oxygens (including phenoxy) is 1. The number of hydrogen-bond donors (Lipinski definition) is 2. The monoisotopic (exact) mass is 574 g/mol. The molecule has 2 aromatic heterocycles. The van der Waals surface area contributed by atoms with Gasteiger partial charge in [0.15, 0.2) is 0 Å². The van der Waals surface area contributed by atoms with Crippen LogP contribution in [-0.4, -0.2) is 46.8 Å². The molecule has 1 atom stereocenters. The number of benzene rings is 2. The molecule has 9 nitrogen and oxygen atoms in total. The molecule has 2 aromatic carbocycles. The van der Waals surface area contributed by atoms with Crippen LogP contribution in [0.2, 0.25) is 5.02 Å². The number of amides is 2. The van der Waals surface area contributed by atoms with E-state index in [1.54, 1.807) is 37.0 Å². The van der Waals surface area contributed by atoms with Crippen molar-refractivity contribution in [1.29, 1.82) is 0 Å². The first-order valence-electron chi connectivity index (χ1n) is 13.8. The van der Waals surface area contributed by atoms with Crippen LogP contribution in [0, 0.1) is 13.8 Å². The van der Waals surface area contributed by atoms with Crippen LogP contribution in [0.3, 0.4) is 0 Å². The summed E-state index contributed by atoms with van der Waals surface area (Å²) in [5.74, 6) is 0.861. The van der Waals surface area contributed by atoms with Crippen molar-refractivity contribution in [2.24, 2.45) is 7.05 Å². The molecular formula is C31H35ClN6O3. The van der Waals surface area contributed by atoms with Gasteiger partial charge in [-0.3, -0.25) is 15.0 Å². The summed E-state index contributed by atoms with van der Waals surface area (Å²) in [7, 11) is 3.36. The van der Waals surface area contributed by atoms with Crippen LogP contribution in [-0.2, 0) is 7.05 Å². The minimum absolute atomic E-state index is 0.174. The van der Waals surface area contributed by atoms with E-state index in [0.29, 0.717) is 51.4 Å². The Labute approximate surface area is 244 Å². The predicted octanol–water partition coefficient (Wildman–Crippen LogP) is 5.85. The molecule has 2 amide bonds. The summed E-state index contributed by atoms with van der Waals surface area (Å²) in [5, 5.41) is 7.34. The van der Waals surface area contributed by atoms with Crippen molar-refractivity contribution in [3.8, 4) is 16.9 Å². The van der Waals surface area contributed by atoms with Gasteiger partial charge in [-0.25, -0.2) is 14.8 Å². The lowest BCUT2D eigenvalue weighted by Gasteiger charge is -2.25. The summed E-state index contributed by atoms with van der Waals surface area (Å²) in [6.45, 7) is 5.49. The maximum Gasteiger partial charge on any atom is 0.327 e. The maximum atomic E-state index is 13.9. The van der Waals surface area contributed by atoms with Gasteiger partial charge in [-0.05, 0) is 63.4 Å². The summed E-state index contributed by atoms with van der Waals surface area (Å²) in [6.07, 6.45) is 7.23. The SMILES string of the molecule is Cc1cc(C)cc(-c2c(OCC[C@@H]3CCCCN3)c3cc(N(C)C(=O)Nc4ccncn4)c(Cl)cc3n(C)c2=O)c1. The number of nitrogens with one attached hydrogen (secondary N) is 2. The maximum absolute atomic E-state index is 13.9. The lowest BCUT2D eigenvalue weighted by atomic mass is 9.98. The molecule has 0 radical (unpaired) electrons. The Kier molecular flexibility index (Phi) is 8.56. The lowest BCUT2D eigenvalue weighted by Crippen LogP contribution is -2.35. The van der Waals surface area contributed by atoms with Gasteiger partial charge in [0.05, 0.1) is 28.4 Å². The fourth-order valence-electron chi connectivity index (χ4n) is 5.44. The molecule has 4 aromatic rings. The van der Waals surface area contributed by atoms with Crippen LogP contribution in [0.4, 0.5) is 16.3 Å². The van der Waals surface area contributed by atoms with Crippen molar-refractivity contribution in [1.82, 2.24) is 19.9 Å². The molecular weight excluding hydrogens is 540 g/mol. The summed E-state index contributed by atoms with van der Waals surface area (Å²) in [5.41, 5.74) is 4.30. The number of carbonyl (C=O) groups is 1. The van der Waals surface area contributed by atoms with Crippen LogP contribution in [0.25, 0.3) is 22.0 Å². The Morgan fingerprint density at radius 1 is 1.20 bits per heavy atom. The third-order valence-electron chi connectivity index (χ3n) is 7.54. The lowest BCUT2D eigenvalue weighted by molar-refractivity contribution is 0.258. The first-order valence-corrected chi connectivity index (χ1v) is 14.2. The van der Waals surface area contributed by atoms with Gasteiger partial charge in [0.1, 0.15) is 17.9 Å². The molecule has 3 heterocycles. The van der Waals surface area contributed by atoms with E-state index in [4.69, 9.17) is 16.3 Å². The van der Waals surface area contributed by atoms with Gasteiger partial charge in [0.25, 0.3) is 5.56 Å². The number of fused-ring (bicyclic) bond motifs is 1. The van der Waals surface area contributed by atoms with E-state index in [2.05, 4.69) is 26.7 Å². The minimum atomic E-state index is -0.421. The molecule has 1 aliphatic heterocycles. The van der Waals surface area contributed by atoms with E-state index < -0.39 is 6.03 Å². The zero-order chi connectivity index (χ0) is 29.1. The van der Waals surface area contributed by atoms with E-state index in [9.17, 15) is 9.59 Å². The second-order valence-electron chi connectivity index (χ2n) is 10.6. The van der Waals surface area contributed by atoms with Gasteiger partial charge in [0.2, 0.25) is 0 Å². The fourth-order valence-corrected chi connectivity index (χ4v) is 5.73. The number of rotatable bonds is 7. The molecule has 0 bridgehead atoms. The van der Waals surface area contributed by atoms with E-state index in [0.717, 1.165) is 36.1 Å². The summed E-state index contributed by atoms with van der Waals surface area (Å²) in [4.78, 5) is 36.4. The van der Waals surface area contributed by atoms with Gasteiger partial charge in [-0.2, -0.15) is 0 Å². The van der Waals surface area contributed by atoms with Crippen molar-refractivity contribution >= 4 is 40.0 Å². The molecule has 1 fully saturated rings. The van der Waals surface area contributed by atoms with E-state index in [1.165, 1.54) is 24.1 Å². The third-order valence-corrected chi connectivity index (χ3v) is 7.84. The van der Waals surface area contributed by atoms with Crippen molar-refractivity contribution in [3.63, 3.8) is 0 Å². The van der Waals surface area contributed by atoms with Crippen LogP contribution >= 0.6 is 11.6 Å². The second-order valence-corrected chi connectivity index (χ2v) is 11.0. The Balaban J connectivity index is 1.62. The number of halogens is 1. The number of urea groups is 1. The van der Waals surface area contributed by atoms with Crippen molar-refractivity contribution in [2.75, 3.05) is 30.4 Å². The average molecular weight is 575 g/mol. The molecule has 0 aliphatic carbocycles. The largest absolute Gasteiger partial charge is 0.492 e. The Bertz CT molecular complexity index is 1610. The number of piperidine rings is 1. The Morgan fingerprint density at radius 2 is 1.98 bits per heavy atom. The number of carbonyl (C=O) groups excluding carboxylic acids is 1. The van der Waals surface area contributed by atoms with Gasteiger partial charge < -0.3 is 14.6 Å². The van der Waals surface area contributed by atoms with Crippen LogP contribution in [0.5, 0.6) is 5.75 Å². The normalized spacial score (nSPS) is 15.1. The molecule has 1 saturated heterocycles. The molecule has 0 saturated carbocycles. The average Bonchev–Trinajstić information content (AvgIpc) is 2.95. The molecule has 2 N–H and O–H groups in total. The van der Waals surface area contributed by atoms with Crippen LogP contribution < -0.4 is 25.8 Å². The Hall–Kier alpha value is -3.95. The molecule has 1 aliphatic rings. The number of aryl methyl sites for hydroxylation is 3. The number of pyridine rings is 1. The molecule has 0 spiro atoms. The number of anilines is 2. The fraction of sp³-hybridized carbons (Fsp3) is 0.355. The van der Waals surface area contributed by atoms with E-state index >= 15 is 0 Å². The summed E-state index contributed by atoms with van der Waals surface area (Å²) >= 11 is 6.71. The van der Waals surface area contributed by atoms with Crippen LogP contribution in [0.1, 0.15) is 36.8 Å². The first-order chi connectivity index (χ1) is 19.7. The summed E-state index contributed by atoms with van der Waals surface area (Å²) < 4.78 is 8.11. The minimum Gasteiger partial charge on any atom is -0.492 e. The molecule has 5 rings (SSSR count). The third kappa shape index (κ3) is 6.21. The molecule has 214 valence electrons. The van der Waals surface area contributed by atoms with Gasteiger partial charge in [-0.1, -0.05) is 47.3 Å². The molecule has 41 heavy (non-hydrogen) atoms. The van der Waals surface area contributed by atoms with Gasteiger partial charge in [-0.15, -0.1) is 0 Å². The number of hydrogen-bond acceptors (Lipinski definition) is 6. The highest BCUT2D eigenvalue weighted by atomic mass is 35.5. The molecule has 0 unspecified atom stereocenters. The Morgan fingerprint density at radius 3 is 2.66 bits per heavy atom. The topological polar surface area (TPSA) is 101 Å². The molecule has 10 heteroatoms. The zero-order valence-corrected chi connectivity index (χ0v) is 24.6. The van der Waals surface area contributed by atoms with Crippen molar-refractivity contribution in [2.45, 2.75) is 45.6 Å².